The molecule has 32 heavy (non-hydrogen) atoms. The van der Waals surface area contributed by atoms with E-state index in [1.807, 2.05) is 67.6 Å². The number of carbonyl (C=O) groups is 1. The van der Waals surface area contributed by atoms with E-state index in [0.717, 1.165) is 23.1 Å². The van der Waals surface area contributed by atoms with E-state index in [1.54, 1.807) is 0 Å². The largest absolute Gasteiger partial charge is 0.459 e. The smallest absolute Gasteiger partial charge is 0.312 e. The van der Waals surface area contributed by atoms with E-state index in [9.17, 15) is 4.79 Å². The summed E-state index contributed by atoms with van der Waals surface area (Å²) in [5.41, 5.74) is 1.80. The Hall–Kier alpha value is -3.17. The molecule has 3 aromatic rings. The standard InChI is InChI=1S/C29H30O3/c1-3-20-28(4-2)21-26(32-27(28)30)22-31-29(23-14-8-5-9-15-23,24-16-10-6-11-17-24)25-18-12-7-13-19-25/h3,5-19,26H,1,4,20-22H2,2H3/t26-,28+/m0/s1. The average molecular weight is 427 g/mol. The minimum Gasteiger partial charge on any atom is -0.459 e. The topological polar surface area (TPSA) is 35.5 Å². The van der Waals surface area contributed by atoms with Crippen molar-refractivity contribution in [2.75, 3.05) is 6.61 Å². The van der Waals surface area contributed by atoms with Gasteiger partial charge in [-0.1, -0.05) is 104 Å². The SMILES string of the molecule is C=CC[C@]1(CC)C[C@@H](COC(c2ccccc2)(c2ccccc2)c2ccccc2)OC1=O. The molecule has 2 atom stereocenters. The summed E-state index contributed by atoms with van der Waals surface area (Å²) in [5, 5.41) is 0. The minimum atomic E-state index is -0.813. The van der Waals surface area contributed by atoms with Crippen LogP contribution in [0.2, 0.25) is 0 Å². The number of ether oxygens (including phenoxy) is 2. The molecule has 1 heterocycles. The Kier molecular flexibility index (Phi) is 6.57. The van der Waals surface area contributed by atoms with Gasteiger partial charge in [0.2, 0.25) is 0 Å². The lowest BCUT2D eigenvalue weighted by atomic mass is 9.78. The molecule has 4 rings (SSSR count). The van der Waals surface area contributed by atoms with Crippen LogP contribution < -0.4 is 0 Å². The number of rotatable bonds is 9. The van der Waals surface area contributed by atoms with Crippen molar-refractivity contribution in [1.82, 2.24) is 0 Å². The molecule has 0 N–H and O–H groups in total. The van der Waals surface area contributed by atoms with Crippen LogP contribution in [0.5, 0.6) is 0 Å². The summed E-state index contributed by atoms with van der Waals surface area (Å²) in [6.07, 6.45) is 3.52. The molecule has 0 aromatic heterocycles. The van der Waals surface area contributed by atoms with Gasteiger partial charge in [0.1, 0.15) is 11.7 Å². The van der Waals surface area contributed by atoms with Crippen LogP contribution in [0.4, 0.5) is 0 Å². The number of allylic oxidation sites excluding steroid dienone is 1. The van der Waals surface area contributed by atoms with E-state index in [2.05, 4.69) is 43.0 Å². The van der Waals surface area contributed by atoms with Crippen LogP contribution in [0.1, 0.15) is 42.9 Å². The number of cyclic esters (lactones) is 1. The van der Waals surface area contributed by atoms with Crippen LogP contribution in [0, 0.1) is 5.41 Å². The molecule has 164 valence electrons. The maximum atomic E-state index is 12.7. The Morgan fingerprint density at radius 2 is 1.41 bits per heavy atom. The average Bonchev–Trinajstić information content (AvgIpc) is 3.17. The van der Waals surface area contributed by atoms with E-state index in [4.69, 9.17) is 9.47 Å². The number of hydrogen-bond donors (Lipinski definition) is 0. The van der Waals surface area contributed by atoms with Crippen LogP contribution in [-0.4, -0.2) is 18.7 Å². The highest BCUT2D eigenvalue weighted by molar-refractivity contribution is 5.79. The summed E-state index contributed by atoms with van der Waals surface area (Å²) in [6, 6.07) is 30.7. The lowest BCUT2D eigenvalue weighted by molar-refractivity contribution is -0.151. The Bertz CT molecular complexity index is 933. The first-order valence-electron chi connectivity index (χ1n) is 11.3. The van der Waals surface area contributed by atoms with Gasteiger partial charge in [0.05, 0.1) is 12.0 Å². The first-order valence-corrected chi connectivity index (χ1v) is 11.3. The molecule has 0 amide bonds. The molecule has 3 heteroatoms. The van der Waals surface area contributed by atoms with Gasteiger partial charge in [-0.05, 0) is 29.5 Å². The maximum Gasteiger partial charge on any atom is 0.312 e. The van der Waals surface area contributed by atoms with E-state index < -0.39 is 11.0 Å². The third kappa shape index (κ3) is 4.01. The van der Waals surface area contributed by atoms with Gasteiger partial charge in [-0.2, -0.15) is 0 Å². The fourth-order valence-electron chi connectivity index (χ4n) is 4.79. The molecule has 0 unspecified atom stereocenters. The fourth-order valence-corrected chi connectivity index (χ4v) is 4.79. The van der Waals surface area contributed by atoms with Crippen molar-refractivity contribution in [2.24, 2.45) is 5.41 Å². The second-order valence-electron chi connectivity index (χ2n) is 8.45. The Morgan fingerprint density at radius 3 is 1.81 bits per heavy atom. The lowest BCUT2D eigenvalue weighted by Gasteiger charge is -2.36. The number of carbonyl (C=O) groups excluding carboxylic acids is 1. The Balaban J connectivity index is 1.74. The van der Waals surface area contributed by atoms with Crippen molar-refractivity contribution in [3.05, 3.63) is 120 Å². The summed E-state index contributed by atoms with van der Waals surface area (Å²) >= 11 is 0. The molecule has 3 aromatic carbocycles. The van der Waals surface area contributed by atoms with Crippen molar-refractivity contribution in [3.63, 3.8) is 0 Å². The number of esters is 1. The summed E-state index contributed by atoms with van der Waals surface area (Å²) in [7, 11) is 0. The molecule has 0 saturated carbocycles. The molecule has 0 spiro atoms. The van der Waals surface area contributed by atoms with Gasteiger partial charge in [0.15, 0.2) is 0 Å². The minimum absolute atomic E-state index is 0.141. The summed E-state index contributed by atoms with van der Waals surface area (Å²) in [5.74, 6) is -0.141. The Morgan fingerprint density at radius 1 is 0.938 bits per heavy atom. The highest BCUT2D eigenvalue weighted by atomic mass is 16.6. The molecule has 1 aliphatic heterocycles. The zero-order valence-electron chi connectivity index (χ0n) is 18.6. The van der Waals surface area contributed by atoms with E-state index in [0.29, 0.717) is 19.4 Å². The lowest BCUT2D eigenvalue weighted by Crippen LogP contribution is -2.35. The summed E-state index contributed by atoms with van der Waals surface area (Å²) in [4.78, 5) is 12.7. The summed E-state index contributed by atoms with van der Waals surface area (Å²) < 4.78 is 12.6. The predicted molar refractivity (Wildman–Crippen MR) is 127 cm³/mol. The van der Waals surface area contributed by atoms with Crippen molar-refractivity contribution in [2.45, 2.75) is 37.9 Å². The van der Waals surface area contributed by atoms with E-state index in [-0.39, 0.29) is 12.1 Å². The first kappa shape index (κ1) is 22.0. The highest BCUT2D eigenvalue weighted by Gasteiger charge is 2.48. The van der Waals surface area contributed by atoms with E-state index >= 15 is 0 Å². The molecule has 3 nitrogen and oxygen atoms in total. The third-order valence-corrected chi connectivity index (χ3v) is 6.56. The number of benzene rings is 3. The van der Waals surface area contributed by atoms with Crippen molar-refractivity contribution >= 4 is 5.97 Å². The first-order chi connectivity index (χ1) is 15.6. The molecule has 1 saturated heterocycles. The van der Waals surface area contributed by atoms with Gasteiger partial charge in [-0.15, -0.1) is 6.58 Å². The maximum absolute atomic E-state index is 12.7. The predicted octanol–water partition coefficient (Wildman–Crippen LogP) is 6.28. The molecular weight excluding hydrogens is 396 g/mol. The van der Waals surface area contributed by atoms with Gasteiger partial charge < -0.3 is 9.47 Å². The van der Waals surface area contributed by atoms with Crippen molar-refractivity contribution in [1.29, 1.82) is 0 Å². The third-order valence-electron chi connectivity index (χ3n) is 6.56. The summed E-state index contributed by atoms with van der Waals surface area (Å²) in [6.45, 7) is 6.19. The zero-order chi connectivity index (χ0) is 22.4. The normalized spacial score (nSPS) is 20.7. The molecular formula is C29H30O3. The fraction of sp³-hybridized carbons (Fsp3) is 0.276. The van der Waals surface area contributed by atoms with Crippen molar-refractivity contribution < 1.29 is 14.3 Å². The van der Waals surface area contributed by atoms with Gasteiger partial charge in [0.25, 0.3) is 0 Å². The van der Waals surface area contributed by atoms with Crippen LogP contribution in [0.3, 0.4) is 0 Å². The highest BCUT2D eigenvalue weighted by Crippen LogP contribution is 2.44. The van der Waals surface area contributed by atoms with Crippen LogP contribution in [0.15, 0.2) is 104 Å². The number of hydrogen-bond acceptors (Lipinski definition) is 3. The van der Waals surface area contributed by atoms with E-state index in [1.165, 1.54) is 0 Å². The Labute approximate surface area is 190 Å². The second kappa shape index (κ2) is 9.54. The molecule has 1 aliphatic rings. The molecule has 0 aliphatic carbocycles. The van der Waals surface area contributed by atoms with Gasteiger partial charge in [0, 0.05) is 6.42 Å². The van der Waals surface area contributed by atoms with Gasteiger partial charge >= 0.3 is 5.97 Å². The van der Waals surface area contributed by atoms with Crippen LogP contribution in [0.25, 0.3) is 0 Å². The zero-order valence-corrected chi connectivity index (χ0v) is 18.6. The second-order valence-corrected chi connectivity index (χ2v) is 8.45. The van der Waals surface area contributed by atoms with Gasteiger partial charge in [-0.3, -0.25) is 4.79 Å². The molecule has 0 radical (unpaired) electrons. The monoisotopic (exact) mass is 426 g/mol. The quantitative estimate of drug-likeness (QED) is 0.229. The van der Waals surface area contributed by atoms with Crippen LogP contribution in [-0.2, 0) is 19.9 Å². The van der Waals surface area contributed by atoms with Crippen LogP contribution >= 0.6 is 0 Å². The van der Waals surface area contributed by atoms with Gasteiger partial charge in [-0.25, -0.2) is 0 Å². The molecule has 1 fully saturated rings. The van der Waals surface area contributed by atoms with Crippen molar-refractivity contribution in [3.8, 4) is 0 Å². The molecule has 0 bridgehead atoms.